The summed E-state index contributed by atoms with van der Waals surface area (Å²) in [7, 11) is 1.28. The number of amides is 1. The second kappa shape index (κ2) is 6.36. The molecule has 104 valence electrons. The Hall–Kier alpha value is -1.85. The lowest BCUT2D eigenvalue weighted by molar-refractivity contribution is -0.121. The van der Waals surface area contributed by atoms with Crippen LogP contribution in [0.25, 0.3) is 0 Å². The Labute approximate surface area is 111 Å². The first-order chi connectivity index (χ1) is 9.20. The zero-order valence-electron chi connectivity index (χ0n) is 11.0. The van der Waals surface area contributed by atoms with Crippen LogP contribution >= 0.6 is 0 Å². The van der Waals surface area contributed by atoms with Gasteiger partial charge in [-0.25, -0.2) is 9.78 Å². The molecule has 1 saturated carbocycles. The summed E-state index contributed by atoms with van der Waals surface area (Å²) in [5.41, 5.74) is 0.112. The maximum Gasteiger partial charge on any atom is 0.360 e. The fraction of sp³-hybridized carbons (Fsp3) is 0.615. The van der Waals surface area contributed by atoms with Gasteiger partial charge in [-0.1, -0.05) is 12.8 Å². The summed E-state index contributed by atoms with van der Waals surface area (Å²) in [5, 5.41) is 2.72. The first-order valence-corrected chi connectivity index (χ1v) is 6.48. The molecule has 6 heteroatoms. The highest BCUT2D eigenvalue weighted by molar-refractivity contribution is 5.88. The highest BCUT2D eigenvalue weighted by Crippen LogP contribution is 2.33. The van der Waals surface area contributed by atoms with Crippen LogP contribution in [0.5, 0.6) is 0 Å². The molecular formula is C13H18N2O4. The van der Waals surface area contributed by atoms with Gasteiger partial charge in [0.05, 0.1) is 13.7 Å². The molecule has 1 aliphatic rings. The van der Waals surface area contributed by atoms with Crippen molar-refractivity contribution in [1.82, 2.24) is 10.3 Å². The van der Waals surface area contributed by atoms with Gasteiger partial charge in [0.15, 0.2) is 17.8 Å². The molecule has 0 unspecified atom stereocenters. The summed E-state index contributed by atoms with van der Waals surface area (Å²) >= 11 is 0. The number of nitrogens with one attached hydrogen (secondary N) is 1. The third kappa shape index (κ3) is 4.08. The van der Waals surface area contributed by atoms with Gasteiger partial charge in [-0.15, -0.1) is 0 Å². The van der Waals surface area contributed by atoms with Crippen molar-refractivity contribution in [2.75, 3.05) is 7.11 Å². The molecule has 1 N–H and O–H groups in total. The summed E-state index contributed by atoms with van der Waals surface area (Å²) in [6, 6.07) is 0. The minimum absolute atomic E-state index is 0.0344. The number of methoxy groups -OCH3 is 1. The molecule has 2 rings (SSSR count). The van der Waals surface area contributed by atoms with Crippen LogP contribution < -0.4 is 5.32 Å². The maximum absolute atomic E-state index is 11.6. The second-order valence-electron chi connectivity index (χ2n) is 4.73. The summed E-state index contributed by atoms with van der Waals surface area (Å²) in [6.07, 6.45) is 6.34. The average molecular weight is 266 g/mol. The minimum Gasteiger partial charge on any atom is -0.464 e. The number of carbonyl (C=O) groups is 2. The number of hydrogen-bond donors (Lipinski definition) is 1. The summed E-state index contributed by atoms with van der Waals surface area (Å²) < 4.78 is 9.63. The van der Waals surface area contributed by atoms with Crippen LogP contribution in [0, 0.1) is 5.92 Å². The fourth-order valence-corrected chi connectivity index (χ4v) is 1.88. The monoisotopic (exact) mass is 266 g/mol. The molecular weight excluding hydrogens is 248 g/mol. The molecule has 0 spiro atoms. The Bertz CT molecular complexity index is 451. The highest BCUT2D eigenvalue weighted by Gasteiger charge is 2.21. The first-order valence-electron chi connectivity index (χ1n) is 6.48. The van der Waals surface area contributed by atoms with Gasteiger partial charge in [-0.05, 0) is 18.8 Å². The zero-order valence-corrected chi connectivity index (χ0v) is 11.0. The molecule has 1 fully saturated rings. The van der Waals surface area contributed by atoms with E-state index in [0.717, 1.165) is 18.8 Å². The average Bonchev–Trinajstić information content (AvgIpc) is 3.11. The van der Waals surface area contributed by atoms with E-state index in [2.05, 4.69) is 15.0 Å². The molecule has 0 aliphatic heterocycles. The summed E-state index contributed by atoms with van der Waals surface area (Å²) in [4.78, 5) is 26.7. The first kappa shape index (κ1) is 13.6. The van der Waals surface area contributed by atoms with Crippen LogP contribution in [0.2, 0.25) is 0 Å². The smallest absolute Gasteiger partial charge is 0.360 e. The predicted molar refractivity (Wildman–Crippen MR) is 66.3 cm³/mol. The van der Waals surface area contributed by atoms with Crippen LogP contribution in [0.15, 0.2) is 10.8 Å². The van der Waals surface area contributed by atoms with Crippen molar-refractivity contribution < 1.29 is 18.7 Å². The molecule has 1 aromatic heterocycles. The molecule has 0 saturated heterocycles. The van der Waals surface area contributed by atoms with Crippen molar-refractivity contribution in [3.63, 3.8) is 0 Å². The van der Waals surface area contributed by atoms with Gasteiger partial charge < -0.3 is 14.5 Å². The van der Waals surface area contributed by atoms with Crippen LogP contribution in [0.3, 0.4) is 0 Å². The lowest BCUT2D eigenvalue weighted by atomic mass is 10.2. The number of aromatic nitrogens is 1. The second-order valence-corrected chi connectivity index (χ2v) is 4.73. The number of oxazole rings is 1. The van der Waals surface area contributed by atoms with Gasteiger partial charge in [-0.2, -0.15) is 0 Å². The Morgan fingerprint density at radius 3 is 3.00 bits per heavy atom. The van der Waals surface area contributed by atoms with Crippen molar-refractivity contribution in [1.29, 1.82) is 0 Å². The molecule has 0 atom stereocenters. The van der Waals surface area contributed by atoms with E-state index in [1.807, 2.05) is 0 Å². The largest absolute Gasteiger partial charge is 0.464 e. The van der Waals surface area contributed by atoms with Crippen LogP contribution in [0.4, 0.5) is 0 Å². The molecule has 6 nitrogen and oxygen atoms in total. The van der Waals surface area contributed by atoms with Crippen LogP contribution in [0.1, 0.15) is 48.4 Å². The van der Waals surface area contributed by atoms with Crippen molar-refractivity contribution in [3.05, 3.63) is 17.8 Å². The summed E-state index contributed by atoms with van der Waals surface area (Å²) in [5.74, 6) is 0.565. The third-order valence-corrected chi connectivity index (χ3v) is 3.18. The molecule has 1 amide bonds. The van der Waals surface area contributed by atoms with Crippen molar-refractivity contribution in [2.45, 2.75) is 38.6 Å². The summed E-state index contributed by atoms with van der Waals surface area (Å²) in [6.45, 7) is 0.159. The van der Waals surface area contributed by atoms with E-state index >= 15 is 0 Å². The third-order valence-electron chi connectivity index (χ3n) is 3.18. The zero-order chi connectivity index (χ0) is 13.7. The number of rotatable bonds is 7. The van der Waals surface area contributed by atoms with E-state index in [9.17, 15) is 9.59 Å². The molecule has 19 heavy (non-hydrogen) atoms. The molecule has 1 aromatic rings. The molecule has 0 bridgehead atoms. The van der Waals surface area contributed by atoms with Gasteiger partial charge in [0.1, 0.15) is 0 Å². The quantitative estimate of drug-likeness (QED) is 0.759. The Morgan fingerprint density at radius 2 is 2.32 bits per heavy atom. The fourth-order valence-electron chi connectivity index (χ4n) is 1.88. The Kier molecular flexibility index (Phi) is 4.54. The van der Waals surface area contributed by atoms with Gasteiger partial charge in [0.2, 0.25) is 5.91 Å². The highest BCUT2D eigenvalue weighted by atomic mass is 16.5. The van der Waals surface area contributed by atoms with E-state index in [4.69, 9.17) is 4.42 Å². The normalized spacial score (nSPS) is 14.2. The van der Waals surface area contributed by atoms with Crippen molar-refractivity contribution in [2.24, 2.45) is 5.92 Å². The number of nitrogens with zero attached hydrogens (tertiary/aromatic N) is 1. The van der Waals surface area contributed by atoms with Gasteiger partial charge in [0.25, 0.3) is 0 Å². The maximum atomic E-state index is 11.6. The Morgan fingerprint density at radius 1 is 1.53 bits per heavy atom. The standard InChI is InChI=1S/C13H18N2O4/c1-18-13(17)12-10(19-8-15-12)7-14-11(16)4-2-3-9-5-6-9/h8-9H,2-7H2,1H3,(H,14,16). The number of hydrogen-bond acceptors (Lipinski definition) is 5. The molecule has 1 heterocycles. The van der Waals surface area contributed by atoms with Gasteiger partial charge >= 0.3 is 5.97 Å². The lowest BCUT2D eigenvalue weighted by Crippen LogP contribution is -2.23. The van der Waals surface area contributed by atoms with E-state index in [1.54, 1.807) is 0 Å². The van der Waals surface area contributed by atoms with Crippen LogP contribution in [-0.4, -0.2) is 24.0 Å². The van der Waals surface area contributed by atoms with E-state index < -0.39 is 5.97 Å². The Balaban J connectivity index is 1.73. The number of carbonyl (C=O) groups excluding carboxylic acids is 2. The molecule has 1 aliphatic carbocycles. The van der Waals surface area contributed by atoms with Gasteiger partial charge in [0, 0.05) is 6.42 Å². The lowest BCUT2D eigenvalue weighted by Gasteiger charge is -2.04. The number of esters is 1. The van der Waals surface area contributed by atoms with E-state index in [-0.39, 0.29) is 18.1 Å². The predicted octanol–water partition coefficient (Wildman–Crippen LogP) is 1.66. The van der Waals surface area contributed by atoms with E-state index in [1.165, 1.54) is 26.3 Å². The minimum atomic E-state index is -0.563. The molecule has 0 aromatic carbocycles. The SMILES string of the molecule is COC(=O)c1ncoc1CNC(=O)CCCC1CC1. The van der Waals surface area contributed by atoms with Crippen molar-refractivity contribution >= 4 is 11.9 Å². The molecule has 0 radical (unpaired) electrons. The van der Waals surface area contributed by atoms with Crippen LogP contribution in [-0.2, 0) is 16.1 Å². The van der Waals surface area contributed by atoms with Crippen molar-refractivity contribution in [3.8, 4) is 0 Å². The van der Waals surface area contributed by atoms with Gasteiger partial charge in [-0.3, -0.25) is 4.79 Å². The topological polar surface area (TPSA) is 81.4 Å². The number of ether oxygens (including phenoxy) is 1. The van der Waals surface area contributed by atoms with E-state index in [0.29, 0.717) is 12.2 Å².